The normalized spacial score (nSPS) is 56.5. The lowest BCUT2D eigenvalue weighted by molar-refractivity contribution is -0.175. The van der Waals surface area contributed by atoms with Gasteiger partial charge in [0.1, 0.15) is 0 Å². The molecule has 0 saturated heterocycles. The van der Waals surface area contributed by atoms with E-state index >= 15 is 0 Å². The van der Waals surface area contributed by atoms with Gasteiger partial charge in [-0.15, -0.1) is 0 Å². The van der Waals surface area contributed by atoms with Crippen LogP contribution in [0.2, 0.25) is 0 Å². The van der Waals surface area contributed by atoms with Crippen molar-refractivity contribution < 1.29 is 15.3 Å². The van der Waals surface area contributed by atoms with Gasteiger partial charge in [0.15, 0.2) is 0 Å². The minimum Gasteiger partial charge on any atom is -0.393 e. The van der Waals surface area contributed by atoms with Crippen LogP contribution < -0.4 is 0 Å². The lowest BCUT2D eigenvalue weighted by Crippen LogP contribution is -2.58. The smallest absolute Gasteiger partial charge is 0.0835 e. The first-order valence-electron chi connectivity index (χ1n) is 8.79. The molecule has 4 rings (SSSR count). The number of aliphatic hydroxyl groups excluding tert-OH is 3. The van der Waals surface area contributed by atoms with Crippen molar-refractivity contribution in [2.45, 2.75) is 63.3 Å². The number of hydrogen-bond acceptors (Lipinski definition) is 3. The fraction of sp³-hybridized carbons (Fsp3) is 0.889. The van der Waals surface area contributed by atoms with Crippen molar-refractivity contribution in [3.05, 3.63) is 12.2 Å². The van der Waals surface area contributed by atoms with Crippen LogP contribution in [0.4, 0.5) is 0 Å². The molecule has 0 aromatic heterocycles. The number of fused-ring (bicyclic) bond motifs is 5. The first-order valence-corrected chi connectivity index (χ1v) is 8.79. The summed E-state index contributed by atoms with van der Waals surface area (Å²) in [5.41, 5.74) is 1.38. The van der Waals surface area contributed by atoms with Crippen molar-refractivity contribution >= 4 is 0 Å². The van der Waals surface area contributed by atoms with Crippen LogP contribution in [0.5, 0.6) is 0 Å². The van der Waals surface area contributed by atoms with Gasteiger partial charge in [0, 0.05) is 0 Å². The molecule has 21 heavy (non-hydrogen) atoms. The van der Waals surface area contributed by atoms with E-state index in [1.807, 2.05) is 0 Å². The van der Waals surface area contributed by atoms with Crippen LogP contribution >= 0.6 is 0 Å². The number of aliphatic hydroxyl groups is 3. The van der Waals surface area contributed by atoms with Crippen LogP contribution in [0.25, 0.3) is 0 Å². The first-order chi connectivity index (χ1) is 10.1. The van der Waals surface area contributed by atoms with E-state index in [2.05, 4.69) is 6.58 Å². The Morgan fingerprint density at radius 2 is 1.52 bits per heavy atom. The van der Waals surface area contributed by atoms with Crippen LogP contribution in [0, 0.1) is 35.5 Å². The Hall–Kier alpha value is -0.380. The topological polar surface area (TPSA) is 60.7 Å². The molecule has 9 atom stereocenters. The zero-order valence-corrected chi connectivity index (χ0v) is 12.7. The highest BCUT2D eigenvalue weighted by molar-refractivity contribution is 5.15. The Balaban J connectivity index is 1.64. The summed E-state index contributed by atoms with van der Waals surface area (Å²) in [7, 11) is 0. The molecule has 0 amide bonds. The summed E-state index contributed by atoms with van der Waals surface area (Å²) in [5, 5.41) is 31.3. The molecule has 4 saturated carbocycles. The predicted molar refractivity (Wildman–Crippen MR) is 80.4 cm³/mol. The molecule has 0 heterocycles. The lowest BCUT2D eigenvalue weighted by Gasteiger charge is -2.56. The van der Waals surface area contributed by atoms with Gasteiger partial charge in [-0.05, 0) is 80.5 Å². The summed E-state index contributed by atoms with van der Waals surface area (Å²) in [6.45, 7) is 4.23. The summed E-state index contributed by atoms with van der Waals surface area (Å²) >= 11 is 0. The average molecular weight is 292 g/mol. The van der Waals surface area contributed by atoms with E-state index < -0.39 is 12.2 Å². The first kappa shape index (κ1) is 14.2. The molecule has 4 aliphatic carbocycles. The second kappa shape index (κ2) is 5.07. The largest absolute Gasteiger partial charge is 0.393 e. The monoisotopic (exact) mass is 292 g/mol. The highest BCUT2D eigenvalue weighted by atomic mass is 16.3. The maximum atomic E-state index is 10.8. The zero-order valence-electron chi connectivity index (χ0n) is 12.7. The summed E-state index contributed by atoms with van der Waals surface area (Å²) in [6, 6.07) is 0. The number of hydrogen-bond donors (Lipinski definition) is 3. The van der Waals surface area contributed by atoms with Gasteiger partial charge in [0.25, 0.3) is 0 Å². The molecule has 0 radical (unpaired) electrons. The third-order valence-corrected chi connectivity index (χ3v) is 7.30. The molecule has 8 unspecified atom stereocenters. The zero-order chi connectivity index (χ0) is 14.7. The van der Waals surface area contributed by atoms with Crippen LogP contribution in [0.1, 0.15) is 44.9 Å². The molecular weight excluding hydrogens is 264 g/mol. The molecule has 3 nitrogen and oxygen atoms in total. The molecule has 3 N–H and O–H groups in total. The van der Waals surface area contributed by atoms with Crippen molar-refractivity contribution in [3.8, 4) is 0 Å². The second-order valence-electron chi connectivity index (χ2n) is 8.06. The summed E-state index contributed by atoms with van der Waals surface area (Å²) in [4.78, 5) is 0. The Morgan fingerprint density at radius 1 is 0.762 bits per heavy atom. The second-order valence-corrected chi connectivity index (χ2v) is 8.06. The van der Waals surface area contributed by atoms with Gasteiger partial charge < -0.3 is 15.3 Å². The molecule has 0 spiro atoms. The SMILES string of the molecule is C=C1CCC2C1CCC1C3CCC(O)CC3[C@@H](O)C(O)C21. The van der Waals surface area contributed by atoms with Gasteiger partial charge >= 0.3 is 0 Å². The molecule has 3 heteroatoms. The van der Waals surface area contributed by atoms with E-state index in [0.717, 1.165) is 25.7 Å². The quantitative estimate of drug-likeness (QED) is 0.599. The fourth-order valence-corrected chi connectivity index (χ4v) is 6.42. The standard InChI is InChI=1S/C18H28O3/c1-9-2-4-13-11(9)6-7-14-12-5-3-10(19)8-15(12)17(20)18(21)16(13)14/h10-21H,1-8H2/t10?,11?,12?,13?,14?,15?,16?,17-,18?/m1/s1. The Kier molecular flexibility index (Phi) is 3.44. The molecule has 0 aromatic carbocycles. The van der Waals surface area contributed by atoms with Crippen molar-refractivity contribution in [2.75, 3.05) is 0 Å². The third kappa shape index (κ3) is 2.04. The average Bonchev–Trinajstić information content (AvgIpc) is 2.85. The fourth-order valence-electron chi connectivity index (χ4n) is 6.42. The summed E-state index contributed by atoms with van der Waals surface area (Å²) in [5.74, 6) is 2.54. The molecule has 0 bridgehead atoms. The Bertz CT molecular complexity index is 434. The molecule has 4 fully saturated rings. The van der Waals surface area contributed by atoms with E-state index in [1.165, 1.54) is 18.4 Å². The predicted octanol–water partition coefficient (Wildman–Crippen LogP) is 2.11. The Morgan fingerprint density at radius 3 is 2.33 bits per heavy atom. The minimum absolute atomic E-state index is 0.103. The lowest BCUT2D eigenvalue weighted by atomic mass is 9.51. The molecular formula is C18H28O3. The van der Waals surface area contributed by atoms with E-state index in [9.17, 15) is 15.3 Å². The van der Waals surface area contributed by atoms with Gasteiger partial charge in [-0.2, -0.15) is 0 Å². The van der Waals surface area contributed by atoms with E-state index in [1.54, 1.807) is 0 Å². The summed E-state index contributed by atoms with van der Waals surface area (Å²) in [6.07, 6.45) is 5.69. The van der Waals surface area contributed by atoms with Gasteiger partial charge in [-0.1, -0.05) is 12.2 Å². The van der Waals surface area contributed by atoms with Crippen LogP contribution in [-0.2, 0) is 0 Å². The van der Waals surface area contributed by atoms with Crippen molar-refractivity contribution in [2.24, 2.45) is 35.5 Å². The van der Waals surface area contributed by atoms with Gasteiger partial charge in [0.05, 0.1) is 18.3 Å². The van der Waals surface area contributed by atoms with Crippen molar-refractivity contribution in [1.29, 1.82) is 0 Å². The number of allylic oxidation sites excluding steroid dienone is 1. The van der Waals surface area contributed by atoms with E-state index in [0.29, 0.717) is 30.1 Å². The Labute approximate surface area is 127 Å². The van der Waals surface area contributed by atoms with Crippen molar-refractivity contribution in [3.63, 3.8) is 0 Å². The van der Waals surface area contributed by atoms with Gasteiger partial charge in [-0.25, -0.2) is 0 Å². The molecule has 4 aliphatic rings. The van der Waals surface area contributed by atoms with E-state index in [4.69, 9.17) is 0 Å². The van der Waals surface area contributed by atoms with E-state index in [-0.39, 0.29) is 17.9 Å². The third-order valence-electron chi connectivity index (χ3n) is 7.30. The highest BCUT2D eigenvalue weighted by Gasteiger charge is 2.56. The highest BCUT2D eigenvalue weighted by Crippen LogP contribution is 2.58. The molecule has 118 valence electrons. The maximum Gasteiger partial charge on any atom is 0.0835 e. The van der Waals surface area contributed by atoms with Gasteiger partial charge in [0.2, 0.25) is 0 Å². The van der Waals surface area contributed by atoms with Crippen molar-refractivity contribution in [1.82, 2.24) is 0 Å². The molecule has 0 aliphatic heterocycles. The maximum absolute atomic E-state index is 10.8. The van der Waals surface area contributed by atoms with Gasteiger partial charge in [-0.3, -0.25) is 0 Å². The molecule has 0 aromatic rings. The number of rotatable bonds is 0. The van der Waals surface area contributed by atoms with Crippen LogP contribution in [-0.4, -0.2) is 33.6 Å². The van der Waals surface area contributed by atoms with Crippen LogP contribution in [0.15, 0.2) is 12.2 Å². The minimum atomic E-state index is -0.640. The van der Waals surface area contributed by atoms with Crippen LogP contribution in [0.3, 0.4) is 0 Å². The summed E-state index contributed by atoms with van der Waals surface area (Å²) < 4.78 is 0.